The number of hydrogen-bond acceptors (Lipinski definition) is 4. The number of esters is 1. The van der Waals surface area contributed by atoms with Gasteiger partial charge in [0.2, 0.25) is 0 Å². The fourth-order valence-electron chi connectivity index (χ4n) is 2.42. The molecule has 1 N–H and O–H groups in total. The topological polar surface area (TPSA) is 72.5 Å². The van der Waals surface area contributed by atoms with Crippen molar-refractivity contribution in [3.63, 3.8) is 0 Å². The molecule has 27 heavy (non-hydrogen) atoms. The molecule has 142 valence electrons. The molecule has 1 atom stereocenters. The largest absolute Gasteiger partial charge is 0.449 e. The summed E-state index contributed by atoms with van der Waals surface area (Å²) in [5.41, 5.74) is 2.59. The van der Waals surface area contributed by atoms with Crippen LogP contribution in [0.1, 0.15) is 60.9 Å². The van der Waals surface area contributed by atoms with Crippen LogP contribution in [0, 0.1) is 0 Å². The maximum absolute atomic E-state index is 12.3. The van der Waals surface area contributed by atoms with Gasteiger partial charge in [-0.25, -0.2) is 4.79 Å². The summed E-state index contributed by atoms with van der Waals surface area (Å²) in [7, 11) is 0. The van der Waals surface area contributed by atoms with E-state index < -0.39 is 18.0 Å². The third kappa shape index (κ3) is 5.51. The second kappa shape index (κ2) is 8.16. The van der Waals surface area contributed by atoms with Crippen molar-refractivity contribution in [1.82, 2.24) is 0 Å². The van der Waals surface area contributed by atoms with E-state index in [0.29, 0.717) is 16.8 Å². The highest BCUT2D eigenvalue weighted by Crippen LogP contribution is 2.22. The van der Waals surface area contributed by atoms with Crippen molar-refractivity contribution >= 4 is 23.3 Å². The summed E-state index contributed by atoms with van der Waals surface area (Å²) < 4.78 is 5.25. The Kier molecular flexibility index (Phi) is 6.16. The van der Waals surface area contributed by atoms with E-state index in [0.717, 1.165) is 5.56 Å². The van der Waals surface area contributed by atoms with Crippen LogP contribution in [0.15, 0.2) is 48.5 Å². The van der Waals surface area contributed by atoms with Gasteiger partial charge in [0.15, 0.2) is 11.9 Å². The Hall–Kier alpha value is -2.95. The highest BCUT2D eigenvalue weighted by molar-refractivity contribution is 5.98. The van der Waals surface area contributed by atoms with Crippen molar-refractivity contribution in [1.29, 1.82) is 0 Å². The van der Waals surface area contributed by atoms with Gasteiger partial charge in [-0.1, -0.05) is 32.9 Å². The van der Waals surface area contributed by atoms with Gasteiger partial charge in [0.25, 0.3) is 5.91 Å². The monoisotopic (exact) mass is 367 g/mol. The lowest BCUT2D eigenvalue weighted by atomic mass is 9.87. The quantitative estimate of drug-likeness (QED) is 0.629. The Morgan fingerprint density at radius 1 is 0.889 bits per heavy atom. The zero-order valence-corrected chi connectivity index (χ0v) is 16.3. The maximum Gasteiger partial charge on any atom is 0.338 e. The molecule has 0 aliphatic heterocycles. The van der Waals surface area contributed by atoms with Crippen molar-refractivity contribution in [2.24, 2.45) is 0 Å². The predicted octanol–water partition coefficient (Wildman–Crippen LogP) is 4.37. The smallest absolute Gasteiger partial charge is 0.338 e. The number of anilines is 1. The Labute approximate surface area is 159 Å². The van der Waals surface area contributed by atoms with E-state index in [9.17, 15) is 14.4 Å². The maximum atomic E-state index is 12.3. The van der Waals surface area contributed by atoms with Crippen LogP contribution in [0.2, 0.25) is 0 Å². The van der Waals surface area contributed by atoms with Crippen LogP contribution >= 0.6 is 0 Å². The standard InChI is InChI=1S/C22H25NO4/c1-14(24)16-8-12-19(13-9-16)23-20(25)15(2)27-21(26)17-6-10-18(11-7-17)22(3,4)5/h6-13,15H,1-5H3,(H,23,25)/t15-/m1/s1. The lowest BCUT2D eigenvalue weighted by Crippen LogP contribution is -2.30. The predicted molar refractivity (Wildman–Crippen MR) is 105 cm³/mol. The molecule has 0 spiro atoms. The molecule has 2 aromatic rings. The molecule has 0 heterocycles. The average Bonchev–Trinajstić information content (AvgIpc) is 2.61. The van der Waals surface area contributed by atoms with Gasteiger partial charge in [0, 0.05) is 11.3 Å². The van der Waals surface area contributed by atoms with Crippen LogP contribution in [0.4, 0.5) is 5.69 Å². The summed E-state index contributed by atoms with van der Waals surface area (Å²) in [5.74, 6) is -1.04. The molecule has 0 fully saturated rings. The SMILES string of the molecule is CC(=O)c1ccc(NC(=O)[C@@H](C)OC(=O)c2ccc(C(C)(C)C)cc2)cc1. The van der Waals surface area contributed by atoms with Gasteiger partial charge in [-0.15, -0.1) is 0 Å². The molecule has 0 aliphatic rings. The van der Waals surface area contributed by atoms with Crippen molar-refractivity contribution in [3.05, 3.63) is 65.2 Å². The number of nitrogens with one attached hydrogen (secondary N) is 1. The van der Waals surface area contributed by atoms with E-state index in [4.69, 9.17) is 4.74 Å². The number of benzene rings is 2. The van der Waals surface area contributed by atoms with Crippen LogP contribution in [-0.2, 0) is 14.9 Å². The van der Waals surface area contributed by atoms with Gasteiger partial charge >= 0.3 is 5.97 Å². The molecule has 0 radical (unpaired) electrons. The first kappa shape index (κ1) is 20.4. The van der Waals surface area contributed by atoms with Gasteiger partial charge < -0.3 is 10.1 Å². The van der Waals surface area contributed by atoms with Crippen LogP contribution in [0.25, 0.3) is 0 Å². The lowest BCUT2D eigenvalue weighted by Gasteiger charge is -2.19. The molecule has 2 aromatic carbocycles. The summed E-state index contributed by atoms with van der Waals surface area (Å²) >= 11 is 0. The fourth-order valence-corrected chi connectivity index (χ4v) is 2.42. The minimum absolute atomic E-state index is 0.00640. The van der Waals surface area contributed by atoms with Gasteiger partial charge in [0.1, 0.15) is 0 Å². The normalized spacial score (nSPS) is 12.2. The lowest BCUT2D eigenvalue weighted by molar-refractivity contribution is -0.123. The Morgan fingerprint density at radius 3 is 1.89 bits per heavy atom. The van der Waals surface area contributed by atoms with Gasteiger partial charge in [-0.05, 0) is 61.2 Å². The molecular weight excluding hydrogens is 342 g/mol. The van der Waals surface area contributed by atoms with Gasteiger partial charge in [-0.3, -0.25) is 9.59 Å². The van der Waals surface area contributed by atoms with Crippen LogP contribution in [-0.4, -0.2) is 23.8 Å². The number of rotatable bonds is 5. The third-order valence-electron chi connectivity index (χ3n) is 4.20. The van der Waals surface area contributed by atoms with E-state index in [-0.39, 0.29) is 11.2 Å². The minimum atomic E-state index is -0.952. The summed E-state index contributed by atoms with van der Waals surface area (Å²) in [6, 6.07) is 13.7. The molecule has 0 bridgehead atoms. The van der Waals surface area contributed by atoms with Crippen molar-refractivity contribution in [3.8, 4) is 0 Å². The molecular formula is C22H25NO4. The van der Waals surface area contributed by atoms with Gasteiger partial charge in [-0.2, -0.15) is 0 Å². The van der Waals surface area contributed by atoms with E-state index in [1.54, 1.807) is 36.4 Å². The molecule has 1 amide bonds. The first-order valence-corrected chi connectivity index (χ1v) is 8.81. The van der Waals surface area contributed by atoms with E-state index in [2.05, 4.69) is 26.1 Å². The number of ketones is 1. The molecule has 0 aromatic heterocycles. The van der Waals surface area contributed by atoms with E-state index in [1.807, 2.05) is 12.1 Å². The minimum Gasteiger partial charge on any atom is -0.449 e. The fraction of sp³-hybridized carbons (Fsp3) is 0.318. The van der Waals surface area contributed by atoms with E-state index >= 15 is 0 Å². The number of hydrogen-bond donors (Lipinski definition) is 1. The average molecular weight is 367 g/mol. The first-order chi connectivity index (χ1) is 12.6. The zero-order chi connectivity index (χ0) is 20.2. The summed E-state index contributed by atoms with van der Waals surface area (Å²) in [6.07, 6.45) is -0.952. The number of ether oxygens (including phenoxy) is 1. The molecule has 0 aliphatic carbocycles. The highest BCUT2D eigenvalue weighted by atomic mass is 16.5. The van der Waals surface area contributed by atoms with Crippen molar-refractivity contribution < 1.29 is 19.1 Å². The number of amides is 1. The molecule has 0 saturated carbocycles. The highest BCUT2D eigenvalue weighted by Gasteiger charge is 2.20. The zero-order valence-electron chi connectivity index (χ0n) is 16.3. The molecule has 2 rings (SSSR count). The van der Waals surface area contributed by atoms with Crippen LogP contribution in [0.5, 0.6) is 0 Å². The summed E-state index contributed by atoms with van der Waals surface area (Å²) in [5, 5.41) is 2.67. The summed E-state index contributed by atoms with van der Waals surface area (Å²) in [6.45, 7) is 9.27. The van der Waals surface area contributed by atoms with Gasteiger partial charge in [0.05, 0.1) is 5.56 Å². The van der Waals surface area contributed by atoms with E-state index in [1.165, 1.54) is 13.8 Å². The Balaban J connectivity index is 1.97. The molecule has 5 nitrogen and oxygen atoms in total. The van der Waals surface area contributed by atoms with Crippen LogP contribution < -0.4 is 5.32 Å². The van der Waals surface area contributed by atoms with Crippen molar-refractivity contribution in [2.45, 2.75) is 46.1 Å². The number of Topliss-reactive ketones (excluding diaryl/α,β-unsaturated/α-hetero) is 1. The van der Waals surface area contributed by atoms with Crippen molar-refractivity contribution in [2.75, 3.05) is 5.32 Å². The second-order valence-corrected chi connectivity index (χ2v) is 7.50. The third-order valence-corrected chi connectivity index (χ3v) is 4.20. The molecule has 0 unspecified atom stereocenters. The first-order valence-electron chi connectivity index (χ1n) is 8.81. The number of carbonyl (C=O) groups is 3. The summed E-state index contributed by atoms with van der Waals surface area (Å²) in [4.78, 5) is 35.8. The van der Waals surface area contributed by atoms with Crippen LogP contribution in [0.3, 0.4) is 0 Å². The number of carbonyl (C=O) groups excluding carboxylic acids is 3. The second-order valence-electron chi connectivity index (χ2n) is 7.50. The molecule has 5 heteroatoms. The Bertz CT molecular complexity index is 830. The molecule has 0 saturated heterocycles. The Morgan fingerprint density at radius 2 is 1.41 bits per heavy atom.